The second-order valence-corrected chi connectivity index (χ2v) is 14.7. The summed E-state index contributed by atoms with van der Waals surface area (Å²) in [6, 6.07) is 11.0. The van der Waals surface area contributed by atoms with E-state index in [1.165, 1.54) is 0 Å². The van der Waals surface area contributed by atoms with Crippen LogP contribution in [-0.2, 0) is 36.1 Å². The minimum absolute atomic E-state index is 0.00780. The number of rotatable bonds is 10. The largest absolute Gasteiger partial charge is 0.481 e. The van der Waals surface area contributed by atoms with Crippen molar-refractivity contribution in [2.75, 3.05) is 45.7 Å². The van der Waals surface area contributed by atoms with Crippen LogP contribution in [0.3, 0.4) is 0 Å². The molecule has 3 aliphatic rings. The molecule has 2 fully saturated rings. The Labute approximate surface area is 318 Å². The first kappa shape index (κ1) is 36.8. The number of anilines is 1. The fraction of sp³-hybridized carbons (Fsp3) is 0.421. The molecule has 0 saturated carbocycles. The number of benzene rings is 1. The highest BCUT2D eigenvalue weighted by Crippen LogP contribution is 2.40. The average Bonchev–Trinajstić information content (AvgIpc) is 3.73. The zero-order valence-corrected chi connectivity index (χ0v) is 31.6. The minimum atomic E-state index is -0.417. The number of fused-ring (bicyclic) bond motifs is 1. The summed E-state index contributed by atoms with van der Waals surface area (Å²) in [6.07, 6.45) is 5.54. The quantitative estimate of drug-likeness (QED) is 0.209. The van der Waals surface area contributed by atoms with Gasteiger partial charge >= 0.3 is 0 Å². The average molecular weight is 761 g/mol. The Morgan fingerprint density at radius 1 is 1.02 bits per heavy atom. The van der Waals surface area contributed by atoms with Crippen LogP contribution in [0.4, 0.5) is 5.69 Å². The molecule has 2 unspecified atom stereocenters. The van der Waals surface area contributed by atoms with E-state index < -0.39 is 5.91 Å². The predicted octanol–water partition coefficient (Wildman–Crippen LogP) is 4.71. The summed E-state index contributed by atoms with van der Waals surface area (Å²) < 4.78 is 7.43. The number of carbonyl (C=O) groups excluding carboxylic acids is 3. The third-order valence-corrected chi connectivity index (χ3v) is 11.1. The van der Waals surface area contributed by atoms with E-state index in [9.17, 15) is 14.4 Å². The van der Waals surface area contributed by atoms with E-state index in [0.29, 0.717) is 78.1 Å². The maximum absolute atomic E-state index is 13.7. The molecule has 0 bridgehead atoms. The Balaban J connectivity index is 1.06. The SMILES string of the molecule is COc1nc(-c2ccnc(-c3cccc(NC(=O)c4nc5c(n4C)CCN(C(=O)C4CCCN(C)C4)C5)c3Cl)c2Cl)ccc1CNCC1CCC(=O)N1. The summed E-state index contributed by atoms with van der Waals surface area (Å²) in [5.74, 6) is 0.511. The third kappa shape index (κ3) is 7.75. The Morgan fingerprint density at radius 2 is 1.87 bits per heavy atom. The highest BCUT2D eigenvalue weighted by Gasteiger charge is 2.33. The monoisotopic (exact) mass is 759 g/mol. The van der Waals surface area contributed by atoms with E-state index in [1.54, 1.807) is 42.1 Å². The van der Waals surface area contributed by atoms with Crippen LogP contribution in [-0.4, -0.2) is 93.4 Å². The lowest BCUT2D eigenvalue weighted by Gasteiger charge is -2.34. The van der Waals surface area contributed by atoms with Crippen molar-refractivity contribution < 1.29 is 19.1 Å². The number of ether oxygens (including phenoxy) is 1. The highest BCUT2D eigenvalue weighted by molar-refractivity contribution is 6.39. The number of hydrogen-bond acceptors (Lipinski definition) is 9. The molecule has 1 aromatic carbocycles. The topological polar surface area (TPSA) is 147 Å². The molecule has 0 radical (unpaired) electrons. The third-order valence-electron chi connectivity index (χ3n) is 10.3. The van der Waals surface area contributed by atoms with E-state index in [-0.39, 0.29) is 34.6 Å². The van der Waals surface area contributed by atoms with Crippen molar-refractivity contribution in [1.82, 2.24) is 40.0 Å². The van der Waals surface area contributed by atoms with Gasteiger partial charge in [-0.2, -0.15) is 0 Å². The number of halogens is 2. The van der Waals surface area contributed by atoms with Crippen molar-refractivity contribution in [3.05, 3.63) is 75.4 Å². The highest BCUT2D eigenvalue weighted by atomic mass is 35.5. The van der Waals surface area contributed by atoms with Gasteiger partial charge in [0.2, 0.25) is 17.7 Å². The van der Waals surface area contributed by atoms with Crippen LogP contribution in [0.15, 0.2) is 42.6 Å². The lowest BCUT2D eigenvalue weighted by Crippen LogP contribution is -2.45. The molecule has 0 spiro atoms. The van der Waals surface area contributed by atoms with Crippen molar-refractivity contribution >= 4 is 46.6 Å². The summed E-state index contributed by atoms with van der Waals surface area (Å²) in [6.45, 7) is 3.93. The van der Waals surface area contributed by atoms with E-state index in [0.717, 1.165) is 49.3 Å². The molecule has 3 aromatic heterocycles. The van der Waals surface area contributed by atoms with Crippen LogP contribution in [0, 0.1) is 5.92 Å². The molecule has 2 atom stereocenters. The summed E-state index contributed by atoms with van der Waals surface area (Å²) >= 11 is 13.9. The zero-order chi connectivity index (χ0) is 37.2. The molecule has 3 amide bonds. The number of hydrogen-bond donors (Lipinski definition) is 3. The van der Waals surface area contributed by atoms with Crippen molar-refractivity contribution in [2.45, 2.75) is 51.2 Å². The molecule has 6 heterocycles. The molecule has 53 heavy (non-hydrogen) atoms. The van der Waals surface area contributed by atoms with Gasteiger partial charge in [0, 0.05) is 80.7 Å². The number of imidazole rings is 1. The Hall–Kier alpha value is -4.56. The number of likely N-dealkylation sites (tertiary alicyclic amines) is 1. The number of carbonyl (C=O) groups is 3. The molecule has 278 valence electrons. The molecular formula is C38H43Cl2N9O4. The van der Waals surface area contributed by atoms with Crippen LogP contribution in [0.5, 0.6) is 5.88 Å². The molecule has 0 aliphatic carbocycles. The molecule has 2 saturated heterocycles. The van der Waals surface area contributed by atoms with Gasteiger partial charge in [0.1, 0.15) is 0 Å². The van der Waals surface area contributed by atoms with Crippen molar-refractivity contribution in [3.63, 3.8) is 0 Å². The van der Waals surface area contributed by atoms with Crippen LogP contribution in [0.25, 0.3) is 22.5 Å². The summed E-state index contributed by atoms with van der Waals surface area (Å²) in [5.41, 5.74) is 5.11. The summed E-state index contributed by atoms with van der Waals surface area (Å²) in [4.78, 5) is 56.6. The maximum Gasteiger partial charge on any atom is 0.291 e. The standard InChI is InChI=1S/C38H43Cl2N9O4/c1-47-16-5-6-23(20-47)38(52)49-17-14-30-29(21-49)44-35(48(30)2)36(51)45-28-8-4-7-26(32(28)39)34-33(40)25(13-15-42-34)27-11-9-22(37(46-27)53-3)18-41-19-24-10-12-31(50)43-24/h4,7-9,11,13,15,23-24,41H,5-6,10,12,14,16-21H2,1-3H3,(H,43,50)(H,45,51). The molecule has 3 N–H and O–H groups in total. The van der Waals surface area contributed by atoms with Crippen LogP contribution in [0.1, 0.15) is 53.3 Å². The number of methoxy groups -OCH3 is 1. The van der Waals surface area contributed by atoms with Crippen molar-refractivity contribution in [3.8, 4) is 28.4 Å². The van der Waals surface area contributed by atoms with E-state index in [1.807, 2.05) is 24.1 Å². The number of aromatic nitrogens is 4. The molecule has 15 heteroatoms. The lowest BCUT2D eigenvalue weighted by atomic mass is 9.96. The second kappa shape index (κ2) is 15.8. The first-order valence-corrected chi connectivity index (χ1v) is 18.7. The smallest absolute Gasteiger partial charge is 0.291 e. The van der Waals surface area contributed by atoms with E-state index in [4.69, 9.17) is 37.9 Å². The first-order chi connectivity index (χ1) is 25.6. The van der Waals surface area contributed by atoms with Gasteiger partial charge in [-0.3, -0.25) is 19.4 Å². The Morgan fingerprint density at radius 3 is 2.64 bits per heavy atom. The van der Waals surface area contributed by atoms with Gasteiger partial charge in [-0.1, -0.05) is 41.4 Å². The summed E-state index contributed by atoms with van der Waals surface area (Å²) in [5, 5.41) is 9.88. The number of pyridine rings is 2. The molecule has 13 nitrogen and oxygen atoms in total. The molecule has 3 aliphatic heterocycles. The van der Waals surface area contributed by atoms with Gasteiger partial charge in [0.05, 0.1) is 52.4 Å². The molecule has 4 aromatic rings. The zero-order valence-electron chi connectivity index (χ0n) is 30.0. The first-order valence-electron chi connectivity index (χ1n) is 17.9. The lowest BCUT2D eigenvalue weighted by molar-refractivity contribution is -0.138. The minimum Gasteiger partial charge on any atom is -0.481 e. The van der Waals surface area contributed by atoms with Crippen molar-refractivity contribution in [2.24, 2.45) is 13.0 Å². The van der Waals surface area contributed by atoms with Gasteiger partial charge in [-0.15, -0.1) is 0 Å². The summed E-state index contributed by atoms with van der Waals surface area (Å²) in [7, 11) is 5.45. The van der Waals surface area contributed by atoms with Gasteiger partial charge in [0.25, 0.3) is 5.91 Å². The van der Waals surface area contributed by atoms with E-state index in [2.05, 4.69) is 32.9 Å². The second-order valence-electron chi connectivity index (χ2n) is 13.9. The molecular weight excluding hydrogens is 717 g/mol. The maximum atomic E-state index is 13.7. The van der Waals surface area contributed by atoms with E-state index >= 15 is 0 Å². The van der Waals surface area contributed by atoms with Crippen LogP contribution < -0.4 is 20.7 Å². The number of nitrogens with zero attached hydrogens (tertiary/aromatic N) is 6. The fourth-order valence-corrected chi connectivity index (χ4v) is 8.08. The number of piperidine rings is 1. The Kier molecular flexibility index (Phi) is 11.0. The number of amides is 3. The molecule has 7 rings (SSSR count). The Bertz CT molecular complexity index is 2050. The normalized spacial score (nSPS) is 18.8. The van der Waals surface area contributed by atoms with Gasteiger partial charge in [-0.05, 0) is 51.1 Å². The predicted molar refractivity (Wildman–Crippen MR) is 203 cm³/mol. The van der Waals surface area contributed by atoms with Crippen LogP contribution in [0.2, 0.25) is 10.0 Å². The van der Waals surface area contributed by atoms with Gasteiger partial charge < -0.3 is 35.1 Å². The van der Waals surface area contributed by atoms with Crippen molar-refractivity contribution in [1.29, 1.82) is 0 Å². The van der Waals surface area contributed by atoms with Gasteiger partial charge in [0.15, 0.2) is 5.82 Å². The number of nitrogens with one attached hydrogen (secondary N) is 3. The van der Waals surface area contributed by atoms with Gasteiger partial charge in [-0.25, -0.2) is 9.97 Å². The van der Waals surface area contributed by atoms with Crippen LogP contribution >= 0.6 is 23.2 Å². The fourth-order valence-electron chi connectivity index (χ4n) is 7.51.